The molecule has 4 nitrogen and oxygen atoms in total. The van der Waals surface area contributed by atoms with Crippen molar-refractivity contribution in [1.29, 1.82) is 0 Å². The zero-order chi connectivity index (χ0) is 13.2. The summed E-state index contributed by atoms with van der Waals surface area (Å²) in [5.74, 6) is -0.310. The first-order valence-corrected chi connectivity index (χ1v) is 6.93. The van der Waals surface area contributed by atoms with E-state index >= 15 is 0 Å². The number of sulfonamides is 1. The Hall–Kier alpha value is -0.910. The van der Waals surface area contributed by atoms with Crippen molar-refractivity contribution >= 4 is 27.4 Å². The molecular formula is C11H14ClNO3S. The van der Waals surface area contributed by atoms with Crippen molar-refractivity contribution in [2.24, 2.45) is 5.92 Å². The van der Waals surface area contributed by atoms with Gasteiger partial charge in [-0.15, -0.1) is 0 Å². The Balaban J connectivity index is 3.35. The van der Waals surface area contributed by atoms with E-state index < -0.39 is 10.0 Å². The average Bonchev–Trinajstić information content (AvgIpc) is 2.28. The Morgan fingerprint density at radius 3 is 2.41 bits per heavy atom. The molecule has 0 amide bonds. The van der Waals surface area contributed by atoms with Gasteiger partial charge in [-0.3, -0.25) is 4.79 Å². The van der Waals surface area contributed by atoms with Crippen LogP contribution in [-0.2, 0) is 10.0 Å². The van der Waals surface area contributed by atoms with Crippen LogP contribution in [0.5, 0.6) is 0 Å². The molecule has 94 valence electrons. The molecule has 0 unspecified atom stereocenters. The summed E-state index contributed by atoms with van der Waals surface area (Å²) in [6, 6.07) is 4.25. The third-order valence-electron chi connectivity index (χ3n) is 2.30. The van der Waals surface area contributed by atoms with Crippen LogP contribution < -0.4 is 4.72 Å². The van der Waals surface area contributed by atoms with Crippen molar-refractivity contribution in [2.75, 3.05) is 7.05 Å². The van der Waals surface area contributed by atoms with Crippen LogP contribution in [0.15, 0.2) is 23.1 Å². The van der Waals surface area contributed by atoms with Gasteiger partial charge in [0.2, 0.25) is 10.0 Å². The van der Waals surface area contributed by atoms with Crippen molar-refractivity contribution in [3.63, 3.8) is 0 Å². The first-order valence-electron chi connectivity index (χ1n) is 5.07. The second-order valence-corrected chi connectivity index (χ2v) is 6.13. The highest BCUT2D eigenvalue weighted by Gasteiger charge is 2.19. The van der Waals surface area contributed by atoms with Gasteiger partial charge >= 0.3 is 0 Å². The van der Waals surface area contributed by atoms with Crippen molar-refractivity contribution in [1.82, 2.24) is 4.72 Å². The van der Waals surface area contributed by atoms with Gasteiger partial charge in [0.15, 0.2) is 5.78 Å². The lowest BCUT2D eigenvalue weighted by atomic mass is 10.0. The van der Waals surface area contributed by atoms with E-state index in [9.17, 15) is 13.2 Å². The standard InChI is InChI=1S/C11H14ClNO3S/c1-7(2)11(14)8-4-5-9(12)10(6-8)17(15,16)13-3/h4-7,13H,1-3H3. The maximum Gasteiger partial charge on any atom is 0.241 e. The first kappa shape index (κ1) is 14.2. The molecule has 0 bridgehead atoms. The predicted molar refractivity (Wildman–Crippen MR) is 66.9 cm³/mol. The van der Waals surface area contributed by atoms with Crippen LogP contribution in [-0.4, -0.2) is 21.2 Å². The molecule has 0 saturated heterocycles. The van der Waals surface area contributed by atoms with Gasteiger partial charge in [0.05, 0.1) is 5.02 Å². The smallest absolute Gasteiger partial charge is 0.241 e. The predicted octanol–water partition coefficient (Wildman–Crippen LogP) is 2.09. The molecule has 0 spiro atoms. The number of carbonyl (C=O) groups is 1. The van der Waals surface area contributed by atoms with E-state index in [4.69, 9.17) is 11.6 Å². The molecular weight excluding hydrogens is 262 g/mol. The van der Waals surface area contributed by atoms with Gasteiger partial charge in [-0.2, -0.15) is 0 Å². The van der Waals surface area contributed by atoms with Crippen molar-refractivity contribution in [3.05, 3.63) is 28.8 Å². The molecule has 0 radical (unpaired) electrons. The summed E-state index contributed by atoms with van der Waals surface area (Å²) in [5, 5.41) is 0.0969. The lowest BCUT2D eigenvalue weighted by Gasteiger charge is -2.08. The number of ketones is 1. The van der Waals surface area contributed by atoms with E-state index in [-0.39, 0.29) is 21.6 Å². The molecule has 17 heavy (non-hydrogen) atoms. The molecule has 0 aliphatic heterocycles. The number of carbonyl (C=O) groups excluding carboxylic acids is 1. The molecule has 0 aliphatic rings. The van der Waals surface area contributed by atoms with Gasteiger partial charge in [0.1, 0.15) is 4.90 Å². The molecule has 1 aromatic rings. The minimum absolute atomic E-state index is 0.0758. The monoisotopic (exact) mass is 275 g/mol. The zero-order valence-electron chi connectivity index (χ0n) is 9.82. The molecule has 0 atom stereocenters. The second-order valence-electron chi connectivity index (χ2n) is 3.87. The summed E-state index contributed by atoms with van der Waals surface area (Å²) in [4.78, 5) is 11.7. The van der Waals surface area contributed by atoms with E-state index in [2.05, 4.69) is 4.72 Å². The molecule has 1 rings (SSSR count). The molecule has 6 heteroatoms. The number of benzene rings is 1. The Morgan fingerprint density at radius 2 is 1.94 bits per heavy atom. The summed E-state index contributed by atoms with van der Waals surface area (Å²) >= 11 is 5.81. The number of hydrogen-bond acceptors (Lipinski definition) is 3. The Morgan fingerprint density at radius 1 is 1.35 bits per heavy atom. The fourth-order valence-corrected chi connectivity index (χ4v) is 2.55. The minimum Gasteiger partial charge on any atom is -0.294 e. The number of rotatable bonds is 4. The van der Waals surface area contributed by atoms with Crippen LogP contribution in [0.4, 0.5) is 0 Å². The van der Waals surface area contributed by atoms with E-state index in [1.54, 1.807) is 13.8 Å². The maximum atomic E-state index is 11.8. The SMILES string of the molecule is CNS(=O)(=O)c1cc(C(=O)C(C)C)ccc1Cl. The molecule has 1 aromatic carbocycles. The lowest BCUT2D eigenvalue weighted by Crippen LogP contribution is -2.19. The largest absolute Gasteiger partial charge is 0.294 e. The highest BCUT2D eigenvalue weighted by Crippen LogP contribution is 2.23. The summed E-state index contributed by atoms with van der Waals surface area (Å²) in [7, 11) is -2.35. The van der Waals surface area contributed by atoms with Crippen molar-refractivity contribution < 1.29 is 13.2 Å². The Bertz CT molecular complexity index is 538. The van der Waals surface area contributed by atoms with Gasteiger partial charge in [0.25, 0.3) is 0 Å². The lowest BCUT2D eigenvalue weighted by molar-refractivity contribution is 0.0939. The van der Waals surface area contributed by atoms with Crippen LogP contribution in [0.25, 0.3) is 0 Å². The van der Waals surface area contributed by atoms with Crippen LogP contribution in [0.3, 0.4) is 0 Å². The molecule has 0 aliphatic carbocycles. The maximum absolute atomic E-state index is 11.8. The molecule has 1 N–H and O–H groups in total. The fraction of sp³-hybridized carbons (Fsp3) is 0.364. The van der Waals surface area contributed by atoms with E-state index in [0.29, 0.717) is 5.56 Å². The normalized spacial score (nSPS) is 11.8. The van der Waals surface area contributed by atoms with Crippen LogP contribution in [0.2, 0.25) is 5.02 Å². The highest BCUT2D eigenvalue weighted by molar-refractivity contribution is 7.89. The van der Waals surface area contributed by atoms with Crippen molar-refractivity contribution in [2.45, 2.75) is 18.7 Å². The summed E-state index contributed by atoms with van der Waals surface area (Å²) in [6.07, 6.45) is 0. The summed E-state index contributed by atoms with van der Waals surface area (Å²) < 4.78 is 25.5. The van der Waals surface area contributed by atoms with Gasteiger partial charge in [-0.25, -0.2) is 13.1 Å². The topological polar surface area (TPSA) is 63.2 Å². The fourth-order valence-electron chi connectivity index (χ4n) is 1.31. The number of nitrogens with one attached hydrogen (secondary N) is 1. The van der Waals surface area contributed by atoms with Gasteiger partial charge in [-0.1, -0.05) is 25.4 Å². The van der Waals surface area contributed by atoms with Crippen LogP contribution >= 0.6 is 11.6 Å². The number of halogens is 1. The third kappa shape index (κ3) is 3.06. The van der Waals surface area contributed by atoms with Crippen LogP contribution in [0.1, 0.15) is 24.2 Å². The number of hydrogen-bond donors (Lipinski definition) is 1. The average molecular weight is 276 g/mol. The first-order chi connectivity index (χ1) is 7.79. The van der Waals surface area contributed by atoms with Gasteiger partial charge < -0.3 is 0 Å². The summed E-state index contributed by atoms with van der Waals surface area (Å²) in [6.45, 7) is 3.51. The highest BCUT2D eigenvalue weighted by atomic mass is 35.5. The Kier molecular flexibility index (Phi) is 4.30. The minimum atomic E-state index is -3.64. The Labute approximate surface area is 106 Å². The van der Waals surface area contributed by atoms with Gasteiger partial charge in [0, 0.05) is 11.5 Å². The van der Waals surface area contributed by atoms with E-state index in [1.165, 1.54) is 25.2 Å². The molecule has 0 aromatic heterocycles. The van der Waals surface area contributed by atoms with E-state index in [0.717, 1.165) is 0 Å². The molecule has 0 fully saturated rings. The van der Waals surface area contributed by atoms with Gasteiger partial charge in [-0.05, 0) is 25.2 Å². The van der Waals surface area contributed by atoms with Crippen molar-refractivity contribution in [3.8, 4) is 0 Å². The second kappa shape index (κ2) is 5.16. The summed E-state index contributed by atoms with van der Waals surface area (Å²) in [5.41, 5.74) is 0.346. The number of Topliss-reactive ketones (excluding diaryl/α,β-unsaturated/α-hetero) is 1. The molecule has 0 saturated carbocycles. The third-order valence-corrected chi connectivity index (χ3v) is 4.19. The quantitative estimate of drug-likeness (QED) is 0.856. The molecule has 0 heterocycles. The zero-order valence-corrected chi connectivity index (χ0v) is 11.4. The van der Waals surface area contributed by atoms with E-state index in [1.807, 2.05) is 0 Å². The van der Waals surface area contributed by atoms with Crippen LogP contribution in [0, 0.1) is 5.92 Å².